The van der Waals surface area contributed by atoms with Crippen LogP contribution in [0.1, 0.15) is 141 Å². The van der Waals surface area contributed by atoms with Gasteiger partial charge in [0.05, 0.1) is 13.2 Å². The third kappa shape index (κ3) is 29.2. The van der Waals surface area contributed by atoms with Gasteiger partial charge in [-0.3, -0.25) is 24.0 Å². The molecule has 0 saturated carbocycles. The van der Waals surface area contributed by atoms with Gasteiger partial charge in [0.15, 0.2) is 0 Å². The number of hydrogen-bond acceptors (Lipinski definition) is 14. The van der Waals surface area contributed by atoms with Crippen molar-refractivity contribution in [2.75, 3.05) is 33.8 Å². The molecule has 0 aliphatic carbocycles. The van der Waals surface area contributed by atoms with E-state index in [-0.39, 0.29) is 25.9 Å². The number of ether oxygens (including phenoxy) is 4. The molecule has 6 atom stereocenters. The summed E-state index contributed by atoms with van der Waals surface area (Å²) in [6.45, 7) is 20.7. The van der Waals surface area contributed by atoms with E-state index in [0.29, 0.717) is 51.5 Å². The maximum Gasteiger partial charge on any atom is 0.407 e. The highest BCUT2D eigenvalue weighted by Crippen LogP contribution is 2.10. The number of amides is 8. The van der Waals surface area contributed by atoms with Gasteiger partial charge in [-0.1, -0.05) is 0 Å². The number of carbonyl (C=O) groups excluding carboxylic acids is 9. The molecule has 0 aromatic carbocycles. The van der Waals surface area contributed by atoms with Crippen LogP contribution < -0.4 is 47.9 Å². The average molecular weight is 944 g/mol. The van der Waals surface area contributed by atoms with E-state index >= 15 is 0 Å². The van der Waals surface area contributed by atoms with Gasteiger partial charge in [-0.2, -0.15) is 0 Å². The van der Waals surface area contributed by atoms with Crippen molar-refractivity contribution in [3.05, 3.63) is 0 Å². The topological polar surface area (TPSA) is 299 Å². The Bertz CT molecular complexity index is 1590. The number of likely N-dealkylation sites (N-methyl/N-ethyl adjacent to an activating group) is 1. The summed E-state index contributed by atoms with van der Waals surface area (Å²) in [5.74, 6) is -4.00. The predicted octanol–water partition coefficient (Wildman–Crippen LogP) is 2.32. The lowest BCUT2D eigenvalue weighted by Crippen LogP contribution is -2.58. The van der Waals surface area contributed by atoms with Gasteiger partial charge in [0.2, 0.25) is 29.5 Å². The van der Waals surface area contributed by atoms with Crippen molar-refractivity contribution in [2.24, 2.45) is 0 Å². The monoisotopic (exact) mass is 944 g/mol. The zero-order valence-corrected chi connectivity index (χ0v) is 41.8. The summed E-state index contributed by atoms with van der Waals surface area (Å²) in [5.41, 5.74) is -2.02. The SMILES string of the molecule is CN[C@@H](CCCCNC(=O)OC(C)(C)C)C(=O)N[C@H](C)C(=O)N[C@@H](CCCCNC(=O)OC(C)(C)C)C(=O)N[C@H](C)C(=O)NC(CCCCNC(=O)OC(C)(C)C)C(=O)N[C@H](C)C(=O)OC. The molecule has 0 heterocycles. The molecule has 0 fully saturated rings. The number of rotatable bonds is 27. The molecule has 0 aromatic heterocycles. The number of hydrogen-bond donors (Lipinski definition) is 9. The van der Waals surface area contributed by atoms with Gasteiger partial charge in [-0.05, 0) is 148 Å². The molecular weight excluding hydrogens is 863 g/mol. The first kappa shape index (κ1) is 60.6. The summed E-state index contributed by atoms with van der Waals surface area (Å²) in [7, 11) is 2.77. The fourth-order valence-electron chi connectivity index (χ4n) is 5.78. The highest BCUT2D eigenvalue weighted by atomic mass is 16.6. The van der Waals surface area contributed by atoms with E-state index in [9.17, 15) is 43.2 Å². The number of unbranched alkanes of at least 4 members (excludes halogenated alkanes) is 3. The summed E-state index contributed by atoms with van der Waals surface area (Å²) in [4.78, 5) is 115. The van der Waals surface area contributed by atoms with Crippen molar-refractivity contribution < 1.29 is 62.1 Å². The van der Waals surface area contributed by atoms with Crippen LogP contribution in [0.5, 0.6) is 0 Å². The molecule has 0 spiro atoms. The van der Waals surface area contributed by atoms with Crippen LogP contribution in [0.15, 0.2) is 0 Å². The van der Waals surface area contributed by atoms with Gasteiger partial charge in [0, 0.05) is 19.6 Å². The molecule has 22 nitrogen and oxygen atoms in total. The molecule has 380 valence electrons. The number of esters is 1. The lowest BCUT2D eigenvalue weighted by molar-refractivity contribution is -0.145. The molecule has 0 rings (SSSR count). The number of alkyl carbamates (subject to hydrolysis) is 3. The van der Waals surface area contributed by atoms with E-state index in [4.69, 9.17) is 18.9 Å². The highest BCUT2D eigenvalue weighted by Gasteiger charge is 2.30. The second-order valence-electron chi connectivity index (χ2n) is 19.0. The van der Waals surface area contributed by atoms with Gasteiger partial charge >= 0.3 is 24.2 Å². The molecule has 0 saturated heterocycles. The molecule has 0 bridgehead atoms. The van der Waals surface area contributed by atoms with Crippen molar-refractivity contribution in [1.82, 2.24) is 47.9 Å². The van der Waals surface area contributed by atoms with Crippen LogP contribution in [0.4, 0.5) is 14.4 Å². The molecule has 0 radical (unpaired) electrons. The smallest absolute Gasteiger partial charge is 0.407 e. The van der Waals surface area contributed by atoms with Crippen molar-refractivity contribution in [3.8, 4) is 0 Å². The lowest BCUT2D eigenvalue weighted by Gasteiger charge is -2.25. The zero-order valence-electron chi connectivity index (χ0n) is 41.8. The van der Waals surface area contributed by atoms with Crippen LogP contribution in [-0.4, -0.2) is 141 Å². The van der Waals surface area contributed by atoms with Gasteiger partial charge in [-0.25, -0.2) is 19.2 Å². The Hall–Kier alpha value is -5.41. The van der Waals surface area contributed by atoms with Crippen LogP contribution in [0.2, 0.25) is 0 Å². The number of methoxy groups -OCH3 is 1. The first-order valence-corrected chi connectivity index (χ1v) is 22.7. The molecule has 22 heteroatoms. The Labute approximate surface area is 390 Å². The third-order valence-electron chi connectivity index (χ3n) is 9.11. The van der Waals surface area contributed by atoms with Crippen molar-refractivity contribution in [2.45, 2.75) is 194 Å². The summed E-state index contributed by atoms with van der Waals surface area (Å²) in [5, 5.41) is 23.9. The van der Waals surface area contributed by atoms with Gasteiger partial charge in [0.25, 0.3) is 0 Å². The van der Waals surface area contributed by atoms with Crippen molar-refractivity contribution >= 4 is 53.8 Å². The second kappa shape index (κ2) is 30.0. The van der Waals surface area contributed by atoms with E-state index in [1.54, 1.807) is 69.4 Å². The average Bonchev–Trinajstić information content (AvgIpc) is 3.18. The summed E-state index contributed by atoms with van der Waals surface area (Å²) in [6.07, 6.45) is 1.45. The summed E-state index contributed by atoms with van der Waals surface area (Å²) >= 11 is 0. The fourth-order valence-corrected chi connectivity index (χ4v) is 5.78. The zero-order chi connectivity index (χ0) is 50.8. The molecule has 66 heavy (non-hydrogen) atoms. The maximum atomic E-state index is 13.8. The van der Waals surface area contributed by atoms with Crippen LogP contribution in [0, 0.1) is 0 Å². The minimum absolute atomic E-state index is 0.0762. The van der Waals surface area contributed by atoms with Gasteiger partial charge < -0.3 is 66.8 Å². The number of carbonyl (C=O) groups is 9. The Balaban J connectivity index is 5.83. The third-order valence-corrected chi connectivity index (χ3v) is 9.11. The van der Waals surface area contributed by atoms with E-state index < -0.39 is 107 Å². The molecule has 9 N–H and O–H groups in total. The van der Waals surface area contributed by atoms with Gasteiger partial charge in [0.1, 0.15) is 47.0 Å². The molecule has 0 aliphatic heterocycles. The van der Waals surface area contributed by atoms with Crippen molar-refractivity contribution in [3.63, 3.8) is 0 Å². The van der Waals surface area contributed by atoms with Crippen LogP contribution >= 0.6 is 0 Å². The largest absolute Gasteiger partial charge is 0.467 e. The van der Waals surface area contributed by atoms with E-state index in [1.165, 1.54) is 27.9 Å². The quantitative estimate of drug-likeness (QED) is 0.0325. The normalized spacial score (nSPS) is 14.3. The van der Waals surface area contributed by atoms with E-state index in [0.717, 1.165) is 0 Å². The van der Waals surface area contributed by atoms with Crippen LogP contribution in [0.3, 0.4) is 0 Å². The Kier molecular flexibility index (Phi) is 27.5. The molecular formula is C44H81N9O13. The van der Waals surface area contributed by atoms with Crippen molar-refractivity contribution in [1.29, 1.82) is 0 Å². The van der Waals surface area contributed by atoms with E-state index in [2.05, 4.69) is 47.9 Å². The lowest BCUT2D eigenvalue weighted by atomic mass is 10.1. The van der Waals surface area contributed by atoms with Crippen LogP contribution in [-0.2, 0) is 47.7 Å². The molecule has 0 aromatic rings. The van der Waals surface area contributed by atoms with Crippen LogP contribution in [0.25, 0.3) is 0 Å². The Morgan fingerprint density at radius 1 is 0.409 bits per heavy atom. The summed E-state index contributed by atoms with van der Waals surface area (Å²) < 4.78 is 20.4. The minimum atomic E-state index is -1.22. The van der Waals surface area contributed by atoms with Gasteiger partial charge in [-0.15, -0.1) is 0 Å². The summed E-state index contributed by atoms with van der Waals surface area (Å²) in [6, 6.07) is -6.35. The van der Waals surface area contributed by atoms with E-state index in [1.807, 2.05) is 0 Å². The molecule has 8 amide bonds. The minimum Gasteiger partial charge on any atom is -0.467 e. The predicted molar refractivity (Wildman–Crippen MR) is 246 cm³/mol. The first-order chi connectivity index (χ1) is 30.5. The highest BCUT2D eigenvalue weighted by molar-refractivity contribution is 5.96. The Morgan fingerprint density at radius 2 is 0.697 bits per heavy atom. The standard InChI is InChI=1S/C44H81N9O13/c1-27(49-35(56)30(45-13)21-15-18-24-46-39(60)64-42(4,5)6)33(54)52-31(22-16-19-25-47-40(61)65-43(7,8)9)36(57)50-28(2)34(55)53-32(37(58)51-29(3)38(59)63-14)23-17-20-26-48-41(62)66-44(10,11)12/h27-32,45H,15-26H2,1-14H3,(H,46,60)(H,47,61)(H,48,62)(H,49,56)(H,50,57)(H,51,58)(H,52,54)(H,53,55)/t27-,28-,29-,30+,31+,32?/m1/s1. The fraction of sp³-hybridized carbons (Fsp3) is 0.795. The Morgan fingerprint density at radius 3 is 0.985 bits per heavy atom. The molecule has 0 aliphatic rings. The first-order valence-electron chi connectivity index (χ1n) is 22.7. The maximum absolute atomic E-state index is 13.8. The number of nitrogens with one attached hydrogen (secondary N) is 9. The second-order valence-corrected chi connectivity index (χ2v) is 19.0. The molecule has 1 unspecified atom stereocenters.